The Morgan fingerprint density at radius 2 is 1.71 bits per heavy atom. The maximum atomic E-state index is 12.7. The molecule has 0 aromatic rings. The topological polar surface area (TPSA) is 155 Å². The first-order valence-electron chi connectivity index (χ1n) is 10.1. The lowest BCUT2D eigenvalue weighted by Crippen LogP contribution is -2.53. The van der Waals surface area contributed by atoms with Gasteiger partial charge in [-0.05, 0) is 43.6 Å². The number of thiol groups is 1. The number of hydrogen-bond donors (Lipinski definition) is 6. The van der Waals surface area contributed by atoms with Crippen LogP contribution in [-0.4, -0.2) is 73.7 Å². The highest BCUT2D eigenvalue weighted by Gasteiger charge is 2.27. The van der Waals surface area contributed by atoms with E-state index in [1.807, 2.05) is 13.8 Å². The minimum Gasteiger partial charge on any atom is -0.447 e. The number of nitrogens with two attached hydrogens (primary N) is 1. The molecule has 5 amide bonds. The number of carbonyl (C=O) groups is 4. The van der Waals surface area contributed by atoms with Crippen LogP contribution in [0.2, 0.25) is 0 Å². The summed E-state index contributed by atoms with van der Waals surface area (Å²) in [5, 5.41) is 7.92. The quantitative estimate of drug-likeness (QED) is 0.0921. The molecule has 0 aliphatic heterocycles. The van der Waals surface area contributed by atoms with Gasteiger partial charge in [-0.15, -0.1) is 0 Å². The Hall–Kier alpha value is -1.86. The highest BCUT2D eigenvalue weighted by atomic mass is 33.1. The average Bonchev–Trinajstić information content (AvgIpc) is 2.66. The summed E-state index contributed by atoms with van der Waals surface area (Å²) < 4.78 is 7.98. The third-order valence-electron chi connectivity index (χ3n) is 4.13. The smallest absolute Gasteiger partial charge is 0.409 e. The Labute approximate surface area is 193 Å². The second-order valence-electron chi connectivity index (χ2n) is 7.57. The summed E-state index contributed by atoms with van der Waals surface area (Å²) in [5.74, 6) is -0.753. The Bertz CT molecular complexity index is 594. The second-order valence-corrected chi connectivity index (χ2v) is 8.54. The van der Waals surface area contributed by atoms with E-state index in [0.29, 0.717) is 12.8 Å². The van der Waals surface area contributed by atoms with Crippen LogP contribution in [0.15, 0.2) is 0 Å². The molecular weight excluding hydrogens is 444 g/mol. The van der Waals surface area contributed by atoms with E-state index in [2.05, 4.69) is 32.3 Å². The molecule has 31 heavy (non-hydrogen) atoms. The third kappa shape index (κ3) is 13.2. The number of nitrogens with zero attached hydrogens (tertiary/aromatic N) is 1. The van der Waals surface area contributed by atoms with Crippen molar-refractivity contribution in [2.24, 2.45) is 11.7 Å². The molecule has 0 aliphatic rings. The van der Waals surface area contributed by atoms with Crippen molar-refractivity contribution in [3.05, 3.63) is 0 Å². The van der Waals surface area contributed by atoms with Gasteiger partial charge in [0.25, 0.3) is 0 Å². The van der Waals surface area contributed by atoms with Crippen molar-refractivity contribution < 1.29 is 23.9 Å². The lowest BCUT2D eigenvalue weighted by atomic mass is 10.0. The molecule has 0 radical (unpaired) electrons. The van der Waals surface area contributed by atoms with Crippen LogP contribution in [-0.2, 0) is 14.3 Å². The maximum Gasteiger partial charge on any atom is 0.409 e. The molecule has 0 saturated carbocycles. The Morgan fingerprint density at radius 3 is 2.23 bits per heavy atom. The molecule has 11 nitrogen and oxygen atoms in total. The number of nitrogens with one attached hydrogen (secondary N) is 4. The van der Waals surface area contributed by atoms with E-state index in [1.54, 1.807) is 20.9 Å². The zero-order chi connectivity index (χ0) is 24.0. The molecule has 0 heterocycles. The highest BCUT2D eigenvalue weighted by Crippen LogP contribution is 2.10. The standard InChI is InChI=1S/C18H36N6O5S2/c1-11(2)14(23-31-30)16(26)22-13(7-6-8-21-17(19)27)15(25)20-9-10-24(5)18(28)29-12(3)4/h11-14,23,30H,6-10H2,1-5H3,(H,20,25)(H,22,26)(H3,19,21,27)/t13-,14?/m0/s1. The summed E-state index contributed by atoms with van der Waals surface area (Å²) in [7, 11) is 2.59. The molecule has 0 bridgehead atoms. The number of primary amides is 1. The molecule has 0 saturated heterocycles. The van der Waals surface area contributed by atoms with Gasteiger partial charge in [-0.3, -0.25) is 9.59 Å². The summed E-state index contributed by atoms with van der Waals surface area (Å²) in [4.78, 5) is 49.3. The first-order valence-corrected chi connectivity index (χ1v) is 12.0. The Balaban J connectivity index is 4.89. The molecule has 180 valence electrons. The minimum atomic E-state index is -0.817. The van der Waals surface area contributed by atoms with Gasteiger partial charge in [-0.2, -0.15) is 0 Å². The van der Waals surface area contributed by atoms with Gasteiger partial charge in [0.15, 0.2) is 0 Å². The van der Waals surface area contributed by atoms with Crippen LogP contribution in [0.4, 0.5) is 9.59 Å². The van der Waals surface area contributed by atoms with Crippen molar-refractivity contribution in [3.8, 4) is 0 Å². The van der Waals surface area contributed by atoms with Crippen LogP contribution in [0.25, 0.3) is 0 Å². The van der Waals surface area contributed by atoms with Crippen molar-refractivity contribution in [1.29, 1.82) is 0 Å². The number of amides is 5. The zero-order valence-corrected chi connectivity index (χ0v) is 20.5. The number of urea groups is 1. The van der Waals surface area contributed by atoms with E-state index in [9.17, 15) is 19.2 Å². The molecular formula is C18H36N6O5S2. The van der Waals surface area contributed by atoms with Crippen molar-refractivity contribution in [2.45, 2.75) is 58.7 Å². The van der Waals surface area contributed by atoms with Crippen LogP contribution in [0.1, 0.15) is 40.5 Å². The molecule has 0 aromatic carbocycles. The highest BCUT2D eigenvalue weighted by molar-refractivity contribution is 8.67. The van der Waals surface area contributed by atoms with Crippen molar-refractivity contribution in [2.75, 3.05) is 26.7 Å². The van der Waals surface area contributed by atoms with Crippen molar-refractivity contribution in [1.82, 2.24) is 25.6 Å². The van der Waals surface area contributed by atoms with Gasteiger partial charge in [0.05, 0.1) is 12.1 Å². The molecule has 0 fully saturated rings. The van der Waals surface area contributed by atoms with Gasteiger partial charge in [0.1, 0.15) is 6.04 Å². The number of ether oxygens (including phenoxy) is 1. The molecule has 1 unspecified atom stereocenters. The summed E-state index contributed by atoms with van der Waals surface area (Å²) >= 11 is 4.02. The van der Waals surface area contributed by atoms with E-state index >= 15 is 0 Å². The second kappa shape index (κ2) is 15.9. The molecule has 6 N–H and O–H groups in total. The normalized spacial score (nSPS) is 12.8. The largest absolute Gasteiger partial charge is 0.447 e. The van der Waals surface area contributed by atoms with Crippen LogP contribution in [0, 0.1) is 5.92 Å². The van der Waals surface area contributed by atoms with E-state index < -0.39 is 24.2 Å². The van der Waals surface area contributed by atoms with Gasteiger partial charge in [0.2, 0.25) is 11.8 Å². The third-order valence-corrected chi connectivity index (χ3v) is 4.80. The van der Waals surface area contributed by atoms with Gasteiger partial charge >= 0.3 is 12.1 Å². The fourth-order valence-corrected chi connectivity index (χ4v) is 3.28. The predicted octanol–water partition coefficient (Wildman–Crippen LogP) is 0.620. The zero-order valence-electron chi connectivity index (χ0n) is 18.8. The summed E-state index contributed by atoms with van der Waals surface area (Å²) in [5.41, 5.74) is 5.05. The van der Waals surface area contributed by atoms with Gasteiger partial charge in [0, 0.05) is 26.7 Å². The minimum absolute atomic E-state index is 0.0273. The fraction of sp³-hybridized carbons (Fsp3) is 0.778. The Morgan fingerprint density at radius 1 is 1.06 bits per heavy atom. The van der Waals surface area contributed by atoms with E-state index in [0.717, 1.165) is 11.0 Å². The number of carbonyl (C=O) groups excluding carboxylic acids is 4. The molecule has 0 aromatic heterocycles. The molecule has 2 atom stereocenters. The number of likely N-dealkylation sites (N-methyl/N-ethyl adjacent to an activating group) is 1. The molecule has 0 rings (SSSR count). The van der Waals surface area contributed by atoms with Crippen LogP contribution < -0.4 is 26.4 Å². The van der Waals surface area contributed by atoms with Crippen LogP contribution in [0.5, 0.6) is 0 Å². The van der Waals surface area contributed by atoms with Crippen molar-refractivity contribution >= 4 is 46.6 Å². The van der Waals surface area contributed by atoms with E-state index in [-0.39, 0.29) is 43.5 Å². The van der Waals surface area contributed by atoms with E-state index in [4.69, 9.17) is 10.5 Å². The average molecular weight is 481 g/mol. The predicted molar refractivity (Wildman–Crippen MR) is 124 cm³/mol. The molecule has 13 heteroatoms. The van der Waals surface area contributed by atoms with Crippen LogP contribution >= 0.6 is 22.6 Å². The Kier molecular flexibility index (Phi) is 14.9. The van der Waals surface area contributed by atoms with Crippen molar-refractivity contribution in [3.63, 3.8) is 0 Å². The van der Waals surface area contributed by atoms with Gasteiger partial charge < -0.3 is 31.3 Å². The SMILES string of the molecule is CC(C)OC(=O)N(C)CCNC(=O)[C@H](CCCNC(N)=O)NC(=O)C(NSS)C(C)C. The maximum absolute atomic E-state index is 12.7. The monoisotopic (exact) mass is 480 g/mol. The lowest BCUT2D eigenvalue weighted by Gasteiger charge is -2.25. The number of rotatable bonds is 14. The molecule has 0 aliphatic carbocycles. The number of hydrogen-bond acceptors (Lipinski definition) is 8. The fourth-order valence-electron chi connectivity index (χ4n) is 2.45. The first-order chi connectivity index (χ1) is 14.5. The summed E-state index contributed by atoms with van der Waals surface area (Å²) in [6, 6.07) is -2.02. The molecule has 0 spiro atoms. The summed E-state index contributed by atoms with van der Waals surface area (Å²) in [6.07, 6.45) is 0.00286. The lowest BCUT2D eigenvalue weighted by molar-refractivity contribution is -0.130. The van der Waals surface area contributed by atoms with E-state index in [1.165, 1.54) is 4.90 Å². The van der Waals surface area contributed by atoms with Gasteiger partial charge in [-0.1, -0.05) is 25.5 Å². The van der Waals surface area contributed by atoms with Gasteiger partial charge in [-0.25, -0.2) is 14.3 Å². The first kappa shape index (κ1) is 29.1. The van der Waals surface area contributed by atoms with Crippen LogP contribution in [0.3, 0.4) is 0 Å². The summed E-state index contributed by atoms with van der Waals surface area (Å²) in [6.45, 7) is 7.95.